The van der Waals surface area contributed by atoms with E-state index in [9.17, 15) is 19.2 Å². The molecule has 2 aromatic carbocycles. The number of hydrogen-bond donors (Lipinski definition) is 0. The summed E-state index contributed by atoms with van der Waals surface area (Å²) in [5.41, 5.74) is 3.39. The van der Waals surface area contributed by atoms with Crippen LogP contribution in [-0.4, -0.2) is 91.4 Å². The molecule has 1 saturated heterocycles. The van der Waals surface area contributed by atoms with Gasteiger partial charge in [0.15, 0.2) is 0 Å². The summed E-state index contributed by atoms with van der Waals surface area (Å²) >= 11 is 0. The summed E-state index contributed by atoms with van der Waals surface area (Å²) in [6.07, 6.45) is 3.72. The van der Waals surface area contributed by atoms with Gasteiger partial charge in [0.25, 0.3) is 0 Å². The number of amides is 4. The molecule has 4 amide bonds. The lowest BCUT2D eigenvalue weighted by atomic mass is 10.1. The quantitative estimate of drug-likeness (QED) is 0.0362. The van der Waals surface area contributed by atoms with Crippen molar-refractivity contribution >= 4 is 41.3 Å². The van der Waals surface area contributed by atoms with Crippen LogP contribution in [0.15, 0.2) is 104 Å². The van der Waals surface area contributed by atoms with Crippen LogP contribution in [-0.2, 0) is 28.5 Å². The maximum atomic E-state index is 13.7. The van der Waals surface area contributed by atoms with Gasteiger partial charge in [-0.05, 0) is 38.8 Å². The fourth-order valence-corrected chi connectivity index (χ4v) is 5.36. The van der Waals surface area contributed by atoms with Crippen molar-refractivity contribution in [3.63, 3.8) is 0 Å². The molecule has 0 spiro atoms. The Balaban J connectivity index is 1.66. The van der Waals surface area contributed by atoms with Crippen LogP contribution in [0.4, 0.5) is 9.59 Å². The molecule has 0 aliphatic carbocycles. The number of imide groups is 1. The molecule has 1 heterocycles. The Morgan fingerprint density at radius 1 is 0.636 bits per heavy atom. The van der Waals surface area contributed by atoms with Gasteiger partial charge in [0.1, 0.15) is 49.5 Å². The molecule has 12 nitrogen and oxygen atoms in total. The standard InChI is InChI=1S/C43H53N3O9/c1-10-16-39(53-28-29-55-40(47)31(5)6)37-19-14-15-20-38(37)41(48)54-27-24-46-42(49)44(22-11-2)34(9)45(43(46)50)23-26-52-33(8)36-18-13-12-17-35(36)32(7)51-25-21-30(3)4/h12-20H,3,5,7-11,21-29H2,1-2,4,6H3/b39-16+. The number of rotatable bonds is 23. The fourth-order valence-electron chi connectivity index (χ4n) is 5.36. The zero-order chi connectivity index (χ0) is 40.5. The lowest BCUT2D eigenvalue weighted by molar-refractivity contribution is -0.139. The second-order valence-electron chi connectivity index (χ2n) is 12.7. The summed E-state index contributed by atoms with van der Waals surface area (Å²) in [6.45, 7) is 27.4. The number of allylic oxidation sites excluding steroid dienone is 1. The van der Waals surface area contributed by atoms with E-state index in [1.807, 2.05) is 45.0 Å². The molecule has 294 valence electrons. The number of carbonyl (C=O) groups is 4. The molecule has 0 atom stereocenters. The Kier molecular flexibility index (Phi) is 17.0. The fraction of sp³-hybridized carbons (Fsp3) is 0.349. The first-order chi connectivity index (χ1) is 26.3. The molecular weight excluding hydrogens is 702 g/mol. The average molecular weight is 756 g/mol. The largest absolute Gasteiger partial charge is 0.493 e. The number of nitrogens with zero attached hydrogens (tertiary/aromatic N) is 3. The molecule has 3 rings (SSSR count). The van der Waals surface area contributed by atoms with Gasteiger partial charge in [-0.25, -0.2) is 24.1 Å². The van der Waals surface area contributed by atoms with Crippen LogP contribution < -0.4 is 0 Å². The first-order valence-electron chi connectivity index (χ1n) is 18.2. The van der Waals surface area contributed by atoms with Crippen molar-refractivity contribution < 1.29 is 42.9 Å². The van der Waals surface area contributed by atoms with Crippen molar-refractivity contribution in [1.29, 1.82) is 0 Å². The molecule has 0 radical (unpaired) electrons. The van der Waals surface area contributed by atoms with Crippen LogP contribution in [0.1, 0.15) is 74.0 Å². The molecule has 0 aromatic heterocycles. The summed E-state index contributed by atoms with van der Waals surface area (Å²) in [5.74, 6) is 0.267. The van der Waals surface area contributed by atoms with Crippen LogP contribution in [0.25, 0.3) is 17.3 Å². The summed E-state index contributed by atoms with van der Waals surface area (Å²) in [7, 11) is 0. The van der Waals surface area contributed by atoms with Crippen molar-refractivity contribution in [3.05, 3.63) is 127 Å². The molecule has 1 aliphatic rings. The minimum Gasteiger partial charge on any atom is -0.493 e. The van der Waals surface area contributed by atoms with E-state index in [-0.39, 0.29) is 56.5 Å². The second kappa shape index (κ2) is 21.6. The van der Waals surface area contributed by atoms with E-state index in [0.717, 1.165) is 16.0 Å². The molecular formula is C43H53N3O9. The monoisotopic (exact) mass is 755 g/mol. The van der Waals surface area contributed by atoms with E-state index < -0.39 is 24.0 Å². The molecule has 1 aliphatic heterocycles. The van der Waals surface area contributed by atoms with Gasteiger partial charge in [0.05, 0.1) is 25.3 Å². The van der Waals surface area contributed by atoms with Gasteiger partial charge in [-0.3, -0.25) is 9.80 Å². The molecule has 1 fully saturated rings. The Labute approximate surface area is 324 Å². The minimum atomic E-state index is -0.672. The van der Waals surface area contributed by atoms with Gasteiger partial charge >= 0.3 is 24.0 Å². The molecule has 2 aromatic rings. The normalized spacial score (nSPS) is 13.0. The number of hydrogen-bond acceptors (Lipinski definition) is 9. The first kappa shape index (κ1) is 43.4. The van der Waals surface area contributed by atoms with E-state index in [1.54, 1.807) is 37.3 Å². The van der Waals surface area contributed by atoms with Crippen LogP contribution in [0.2, 0.25) is 0 Å². The van der Waals surface area contributed by atoms with E-state index in [1.165, 1.54) is 9.80 Å². The van der Waals surface area contributed by atoms with Crippen LogP contribution in [0.3, 0.4) is 0 Å². The molecule has 0 bridgehead atoms. The summed E-state index contributed by atoms with van der Waals surface area (Å²) < 4.78 is 28.4. The predicted molar refractivity (Wildman–Crippen MR) is 213 cm³/mol. The highest BCUT2D eigenvalue weighted by molar-refractivity contribution is 5.98. The predicted octanol–water partition coefficient (Wildman–Crippen LogP) is 8.41. The smallest absolute Gasteiger partial charge is 0.338 e. The number of esters is 2. The molecule has 0 N–H and O–H groups in total. The van der Waals surface area contributed by atoms with Crippen molar-refractivity contribution in [2.45, 2.75) is 47.0 Å². The van der Waals surface area contributed by atoms with E-state index in [0.29, 0.717) is 60.8 Å². The third-order valence-corrected chi connectivity index (χ3v) is 8.19. The number of benzene rings is 2. The van der Waals surface area contributed by atoms with E-state index in [2.05, 4.69) is 32.9 Å². The van der Waals surface area contributed by atoms with Gasteiger partial charge in [-0.15, -0.1) is 6.58 Å². The third kappa shape index (κ3) is 12.2. The topological polar surface area (TPSA) is 124 Å². The Morgan fingerprint density at radius 3 is 1.71 bits per heavy atom. The summed E-state index contributed by atoms with van der Waals surface area (Å²) in [4.78, 5) is 56.1. The van der Waals surface area contributed by atoms with Crippen LogP contribution in [0, 0.1) is 0 Å². The van der Waals surface area contributed by atoms with Gasteiger partial charge in [-0.1, -0.05) is 88.2 Å². The lowest BCUT2D eigenvalue weighted by Crippen LogP contribution is -2.60. The molecule has 55 heavy (non-hydrogen) atoms. The zero-order valence-electron chi connectivity index (χ0n) is 32.5. The molecule has 0 unspecified atom stereocenters. The number of carbonyl (C=O) groups excluding carboxylic acids is 4. The second-order valence-corrected chi connectivity index (χ2v) is 12.7. The minimum absolute atomic E-state index is 0.00730. The van der Waals surface area contributed by atoms with E-state index >= 15 is 0 Å². The van der Waals surface area contributed by atoms with Crippen molar-refractivity contribution in [2.75, 3.05) is 52.7 Å². The first-order valence-corrected chi connectivity index (χ1v) is 18.2. The van der Waals surface area contributed by atoms with Crippen LogP contribution in [0.5, 0.6) is 0 Å². The summed E-state index contributed by atoms with van der Waals surface area (Å²) in [5, 5.41) is 0. The summed E-state index contributed by atoms with van der Waals surface area (Å²) in [6, 6.07) is 13.0. The van der Waals surface area contributed by atoms with E-state index in [4.69, 9.17) is 23.7 Å². The number of ether oxygens (including phenoxy) is 5. The Bertz CT molecular complexity index is 1810. The molecule has 0 saturated carbocycles. The maximum Gasteiger partial charge on any atom is 0.338 e. The highest BCUT2D eigenvalue weighted by atomic mass is 16.6. The van der Waals surface area contributed by atoms with Crippen molar-refractivity contribution in [1.82, 2.24) is 14.7 Å². The highest BCUT2D eigenvalue weighted by Gasteiger charge is 2.39. The Hall–Kier alpha value is -6.04. The van der Waals surface area contributed by atoms with Gasteiger partial charge < -0.3 is 23.7 Å². The Morgan fingerprint density at radius 2 is 1.15 bits per heavy atom. The lowest BCUT2D eigenvalue weighted by Gasteiger charge is -2.42. The van der Waals surface area contributed by atoms with Crippen molar-refractivity contribution in [3.8, 4) is 0 Å². The average Bonchev–Trinajstić information content (AvgIpc) is 3.16. The highest BCUT2D eigenvalue weighted by Crippen LogP contribution is 2.27. The number of urea groups is 2. The maximum absolute atomic E-state index is 13.7. The van der Waals surface area contributed by atoms with Crippen LogP contribution >= 0.6 is 0 Å². The van der Waals surface area contributed by atoms with Gasteiger partial charge in [0, 0.05) is 35.2 Å². The SMILES string of the molecule is C=C(C)CCOC(=C)c1ccccc1C(=C)OCCN1C(=C)N(CCC)C(=O)N(CCOC(=O)c2ccccc2/C(=C\CC)OCCOC(=O)C(=C)C)C1=O. The van der Waals surface area contributed by atoms with Crippen molar-refractivity contribution in [2.24, 2.45) is 0 Å². The van der Waals surface area contributed by atoms with Gasteiger partial charge in [-0.2, -0.15) is 0 Å². The van der Waals surface area contributed by atoms with Gasteiger partial charge in [0.2, 0.25) is 0 Å². The zero-order valence-corrected chi connectivity index (χ0v) is 32.5. The molecule has 12 heteroatoms. The third-order valence-electron chi connectivity index (χ3n) is 8.19.